The van der Waals surface area contributed by atoms with Crippen LogP contribution in [0, 0.1) is 0 Å². The van der Waals surface area contributed by atoms with Crippen molar-refractivity contribution in [2.75, 3.05) is 55.5 Å². The van der Waals surface area contributed by atoms with Crippen LogP contribution < -0.4 is 19.7 Å². The van der Waals surface area contributed by atoms with Crippen molar-refractivity contribution in [3.63, 3.8) is 0 Å². The Labute approximate surface area is 202 Å². The van der Waals surface area contributed by atoms with E-state index in [4.69, 9.17) is 14.2 Å². The van der Waals surface area contributed by atoms with Crippen molar-refractivity contribution in [1.82, 2.24) is 14.8 Å². The first-order chi connectivity index (χ1) is 16.8. The first-order valence-corrected chi connectivity index (χ1v) is 12.4. The molecule has 3 aromatic rings. The molecule has 2 aliphatic heterocycles. The summed E-state index contributed by atoms with van der Waals surface area (Å²) in [5, 5.41) is 12.5. The van der Waals surface area contributed by atoms with Gasteiger partial charge in [-0.15, -0.1) is 10.2 Å². The highest BCUT2D eigenvalue weighted by Crippen LogP contribution is 2.32. The van der Waals surface area contributed by atoms with Crippen molar-refractivity contribution in [2.45, 2.75) is 18.1 Å². The zero-order chi connectivity index (χ0) is 23.2. The van der Waals surface area contributed by atoms with Crippen molar-refractivity contribution in [3.8, 4) is 11.5 Å². The number of nitrogens with one attached hydrogen (secondary N) is 1. The molecule has 0 unspecified atom stereocenters. The van der Waals surface area contributed by atoms with Gasteiger partial charge in [-0.05, 0) is 17.7 Å². The van der Waals surface area contributed by atoms with E-state index in [9.17, 15) is 4.79 Å². The molecule has 34 heavy (non-hydrogen) atoms. The number of ether oxygens (including phenoxy) is 3. The van der Waals surface area contributed by atoms with Gasteiger partial charge >= 0.3 is 0 Å². The highest BCUT2D eigenvalue weighted by atomic mass is 32.2. The normalized spacial score (nSPS) is 15.6. The van der Waals surface area contributed by atoms with Crippen molar-refractivity contribution in [1.29, 1.82) is 0 Å². The molecule has 0 aliphatic carbocycles. The predicted molar refractivity (Wildman–Crippen MR) is 130 cm³/mol. The van der Waals surface area contributed by atoms with E-state index in [-0.39, 0.29) is 11.7 Å². The molecule has 1 fully saturated rings. The van der Waals surface area contributed by atoms with Gasteiger partial charge in [-0.2, -0.15) is 0 Å². The number of aromatic nitrogens is 3. The topological polar surface area (TPSA) is 90.7 Å². The lowest BCUT2D eigenvalue weighted by molar-refractivity contribution is -0.113. The van der Waals surface area contributed by atoms with Gasteiger partial charge in [0.15, 0.2) is 16.7 Å². The molecule has 178 valence electrons. The molecule has 1 aromatic heterocycles. The Morgan fingerprint density at radius 1 is 0.971 bits per heavy atom. The smallest absolute Gasteiger partial charge is 0.234 e. The highest BCUT2D eigenvalue weighted by molar-refractivity contribution is 7.99. The SMILES string of the molecule is O=C(CSc1nnc(N2CCOCC2)n1Cc1ccccc1)Nc1ccc2c(c1)OCCCO2. The molecular formula is C24H27N5O4S. The molecule has 1 saturated heterocycles. The monoisotopic (exact) mass is 481 g/mol. The van der Waals surface area contributed by atoms with Gasteiger partial charge in [0.05, 0.1) is 38.7 Å². The predicted octanol–water partition coefficient (Wildman–Crippen LogP) is 3.06. The minimum absolute atomic E-state index is 0.123. The summed E-state index contributed by atoms with van der Waals surface area (Å²) in [6.07, 6.45) is 0.836. The molecule has 5 rings (SSSR count). The van der Waals surface area contributed by atoms with Crippen LogP contribution in [0.15, 0.2) is 53.7 Å². The summed E-state index contributed by atoms with van der Waals surface area (Å²) in [6.45, 7) is 4.72. The second kappa shape index (κ2) is 10.8. The van der Waals surface area contributed by atoms with Crippen molar-refractivity contribution >= 4 is 29.3 Å². The number of carbonyl (C=O) groups excluding carboxylic acids is 1. The number of anilines is 2. The number of hydrogen-bond donors (Lipinski definition) is 1. The molecule has 0 spiro atoms. The second-order valence-corrected chi connectivity index (χ2v) is 8.95. The lowest BCUT2D eigenvalue weighted by atomic mass is 10.2. The van der Waals surface area contributed by atoms with E-state index in [1.54, 1.807) is 6.07 Å². The fourth-order valence-electron chi connectivity index (χ4n) is 3.86. The third-order valence-electron chi connectivity index (χ3n) is 5.54. The van der Waals surface area contributed by atoms with E-state index < -0.39 is 0 Å². The summed E-state index contributed by atoms with van der Waals surface area (Å²) in [6, 6.07) is 15.6. The summed E-state index contributed by atoms with van der Waals surface area (Å²) in [5.41, 5.74) is 1.82. The first-order valence-electron chi connectivity index (χ1n) is 11.4. The molecule has 2 aliphatic rings. The molecular weight excluding hydrogens is 454 g/mol. The molecule has 2 aromatic carbocycles. The van der Waals surface area contributed by atoms with Crippen LogP contribution in [0.2, 0.25) is 0 Å². The molecule has 1 amide bonds. The van der Waals surface area contributed by atoms with Gasteiger partial charge in [-0.25, -0.2) is 0 Å². The molecule has 0 bridgehead atoms. The molecule has 0 atom stereocenters. The Kier molecular flexibility index (Phi) is 7.16. The summed E-state index contributed by atoms with van der Waals surface area (Å²) in [4.78, 5) is 14.9. The van der Waals surface area contributed by atoms with Gasteiger partial charge < -0.3 is 24.4 Å². The van der Waals surface area contributed by atoms with Gasteiger partial charge in [-0.1, -0.05) is 42.1 Å². The fourth-order valence-corrected chi connectivity index (χ4v) is 4.59. The number of carbonyl (C=O) groups is 1. The summed E-state index contributed by atoms with van der Waals surface area (Å²) in [7, 11) is 0. The van der Waals surface area contributed by atoms with Crippen LogP contribution in [0.3, 0.4) is 0 Å². The average molecular weight is 482 g/mol. The number of fused-ring (bicyclic) bond motifs is 1. The van der Waals surface area contributed by atoms with E-state index in [0.717, 1.165) is 31.0 Å². The zero-order valence-electron chi connectivity index (χ0n) is 18.8. The minimum Gasteiger partial charge on any atom is -0.490 e. The van der Waals surface area contributed by atoms with E-state index in [2.05, 4.69) is 37.1 Å². The number of hydrogen-bond acceptors (Lipinski definition) is 8. The summed E-state index contributed by atoms with van der Waals surface area (Å²) in [5.74, 6) is 2.25. The van der Waals surface area contributed by atoms with E-state index >= 15 is 0 Å². The number of rotatable bonds is 7. The molecule has 3 heterocycles. The quantitative estimate of drug-likeness (QED) is 0.515. The average Bonchev–Trinajstić information content (AvgIpc) is 3.11. The maximum atomic E-state index is 12.7. The number of amides is 1. The maximum Gasteiger partial charge on any atom is 0.234 e. The molecule has 0 saturated carbocycles. The van der Waals surface area contributed by atoms with Gasteiger partial charge in [0.25, 0.3) is 0 Å². The third-order valence-corrected chi connectivity index (χ3v) is 6.51. The number of thioether (sulfide) groups is 1. The van der Waals surface area contributed by atoms with Crippen molar-refractivity contribution in [2.24, 2.45) is 0 Å². The largest absolute Gasteiger partial charge is 0.490 e. The van der Waals surface area contributed by atoms with Crippen LogP contribution in [-0.4, -0.2) is 65.9 Å². The van der Waals surface area contributed by atoms with E-state index in [0.29, 0.717) is 55.3 Å². The van der Waals surface area contributed by atoms with Gasteiger partial charge in [0.2, 0.25) is 11.9 Å². The van der Waals surface area contributed by atoms with E-state index in [1.165, 1.54) is 11.8 Å². The molecule has 0 radical (unpaired) electrons. The Bertz CT molecular complexity index is 1120. The molecule has 1 N–H and O–H groups in total. The third kappa shape index (κ3) is 5.45. The van der Waals surface area contributed by atoms with Crippen molar-refractivity contribution < 1.29 is 19.0 Å². The van der Waals surface area contributed by atoms with Crippen LogP contribution in [0.25, 0.3) is 0 Å². The Morgan fingerprint density at radius 2 is 1.76 bits per heavy atom. The first kappa shape index (κ1) is 22.5. The van der Waals surface area contributed by atoms with Crippen LogP contribution in [0.1, 0.15) is 12.0 Å². The Hall–Kier alpha value is -3.24. The van der Waals surface area contributed by atoms with Gasteiger partial charge in [0.1, 0.15) is 0 Å². The van der Waals surface area contributed by atoms with Gasteiger partial charge in [-0.3, -0.25) is 9.36 Å². The Morgan fingerprint density at radius 3 is 2.59 bits per heavy atom. The van der Waals surface area contributed by atoms with Crippen LogP contribution in [-0.2, 0) is 16.1 Å². The van der Waals surface area contributed by atoms with Crippen LogP contribution in [0.4, 0.5) is 11.6 Å². The summed E-state index contributed by atoms with van der Waals surface area (Å²) < 4.78 is 18.9. The summed E-state index contributed by atoms with van der Waals surface area (Å²) >= 11 is 1.37. The maximum absolute atomic E-state index is 12.7. The number of morpholine rings is 1. The standard InChI is InChI=1S/C24H27N5O4S/c30-22(25-19-7-8-20-21(15-19)33-12-4-11-32-20)17-34-24-27-26-23(28-9-13-31-14-10-28)29(24)16-18-5-2-1-3-6-18/h1-3,5-8,15H,4,9-14,16-17H2,(H,25,30). The zero-order valence-corrected chi connectivity index (χ0v) is 19.6. The number of benzene rings is 2. The second-order valence-electron chi connectivity index (χ2n) is 8.00. The minimum atomic E-state index is -0.123. The Balaban J connectivity index is 1.27. The van der Waals surface area contributed by atoms with E-state index in [1.807, 2.05) is 30.3 Å². The fraction of sp³-hybridized carbons (Fsp3) is 0.375. The van der Waals surface area contributed by atoms with Crippen LogP contribution in [0.5, 0.6) is 11.5 Å². The lowest BCUT2D eigenvalue weighted by Gasteiger charge is -2.28. The number of nitrogens with zero attached hydrogens (tertiary/aromatic N) is 4. The molecule has 9 nitrogen and oxygen atoms in total. The van der Waals surface area contributed by atoms with Crippen molar-refractivity contribution in [3.05, 3.63) is 54.1 Å². The highest BCUT2D eigenvalue weighted by Gasteiger charge is 2.21. The lowest BCUT2D eigenvalue weighted by Crippen LogP contribution is -2.38. The van der Waals surface area contributed by atoms with Gasteiger partial charge in [0, 0.05) is 31.3 Å². The van der Waals surface area contributed by atoms with Crippen LogP contribution >= 0.6 is 11.8 Å². The molecule has 10 heteroatoms.